The van der Waals surface area contributed by atoms with Crippen LogP contribution in [0, 0.1) is 5.92 Å². The number of aliphatic hydroxyl groups is 1. The SMILES string of the molecule is C=CC(=O)N(C)C[C@H](NC(=O)OC(C)(C)C)C(=O)N1C[C@H](Oc2cc(-c3ccccc3)nc3cc(OC)ccc23)C[C@H]1C(O)=[NH+][C@]1(C(=O)NS(=O)(=O)C2CC2)C[C@H]1C=C. The van der Waals surface area contributed by atoms with E-state index in [1.165, 1.54) is 22.9 Å². The van der Waals surface area contributed by atoms with Crippen LogP contribution < -0.4 is 24.5 Å². The number of carbonyl (C=O) groups excluding carboxylic acids is 4. The summed E-state index contributed by atoms with van der Waals surface area (Å²) in [5.41, 5.74) is -0.489. The molecule has 0 bridgehead atoms. The van der Waals surface area contributed by atoms with Crippen molar-refractivity contribution in [1.82, 2.24) is 24.8 Å². The van der Waals surface area contributed by atoms with E-state index in [4.69, 9.17) is 19.2 Å². The molecule has 3 fully saturated rings. The molecule has 4 N–H and O–H groups in total. The Kier molecular flexibility index (Phi) is 12.1. The van der Waals surface area contributed by atoms with Crippen LogP contribution in [0.25, 0.3) is 22.2 Å². The molecule has 314 valence electrons. The van der Waals surface area contributed by atoms with Gasteiger partial charge < -0.3 is 34.4 Å². The summed E-state index contributed by atoms with van der Waals surface area (Å²) < 4.78 is 45.4. The van der Waals surface area contributed by atoms with Crippen LogP contribution in [0.15, 0.2) is 79.9 Å². The standard InChI is InChI=1S/C42H50N6O10S/c1-8-26-22-42(26,39(52)46-59(54,55)29-16-17-29)45-37(50)34-20-28(23-48(34)38(51)33(24-47(6)36(49)9-2)44-40(53)58-41(3,4)5)57-35-21-31(25-13-11-10-12-14-25)43-32-19-27(56-7)15-18-30(32)35/h8-15,18-19,21,26,28-29,33-34H,1-2,16-17,20,22-24H2,3-7H3,(H,44,53)(H,45,50)(H,46,52)/p+1/t26-,28-,33+,34+,42-/m1/s1. The second kappa shape index (κ2) is 16.7. The molecule has 17 heteroatoms. The first kappa shape index (κ1) is 42.6. The predicted molar refractivity (Wildman–Crippen MR) is 219 cm³/mol. The van der Waals surface area contributed by atoms with Gasteiger partial charge in [0, 0.05) is 43.0 Å². The number of pyridine rings is 1. The Balaban J connectivity index is 1.39. The zero-order valence-corrected chi connectivity index (χ0v) is 34.6. The van der Waals surface area contributed by atoms with Crippen molar-refractivity contribution in [3.05, 3.63) is 79.9 Å². The number of ether oxygens (including phenoxy) is 3. The maximum Gasteiger partial charge on any atom is 0.408 e. The number of hydrogen-bond acceptors (Lipinski definition) is 10. The van der Waals surface area contributed by atoms with Crippen molar-refractivity contribution in [2.75, 3.05) is 27.2 Å². The monoisotopic (exact) mass is 831 g/mol. The van der Waals surface area contributed by atoms with E-state index in [9.17, 15) is 32.7 Å². The molecule has 1 saturated heterocycles. The van der Waals surface area contributed by atoms with Crippen molar-refractivity contribution in [2.45, 2.75) is 81.0 Å². The molecule has 1 aromatic heterocycles. The number of aromatic nitrogens is 1. The Morgan fingerprint density at radius 3 is 2.44 bits per heavy atom. The number of carbonyl (C=O) groups is 4. The Hall–Kier alpha value is -5.97. The molecule has 2 heterocycles. The van der Waals surface area contributed by atoms with Crippen molar-refractivity contribution >= 4 is 50.6 Å². The average molecular weight is 832 g/mol. The van der Waals surface area contributed by atoms with Crippen molar-refractivity contribution in [1.29, 1.82) is 0 Å². The minimum absolute atomic E-state index is 0.0113. The molecule has 1 aliphatic heterocycles. The van der Waals surface area contributed by atoms with Gasteiger partial charge in [0.15, 0.2) is 6.04 Å². The molecule has 0 spiro atoms. The van der Waals surface area contributed by atoms with Crippen molar-refractivity contribution in [2.24, 2.45) is 5.92 Å². The second-order valence-electron chi connectivity index (χ2n) is 16.1. The van der Waals surface area contributed by atoms with E-state index in [1.807, 2.05) is 30.3 Å². The van der Waals surface area contributed by atoms with Crippen LogP contribution in [0.1, 0.15) is 46.5 Å². The van der Waals surface area contributed by atoms with E-state index in [0.717, 1.165) is 11.6 Å². The maximum absolute atomic E-state index is 14.7. The van der Waals surface area contributed by atoms with Gasteiger partial charge in [0.05, 0.1) is 42.6 Å². The number of hydrogen-bond donors (Lipinski definition) is 4. The van der Waals surface area contributed by atoms with E-state index in [0.29, 0.717) is 40.9 Å². The maximum atomic E-state index is 14.7. The van der Waals surface area contributed by atoms with Crippen molar-refractivity contribution in [3.63, 3.8) is 0 Å². The molecule has 3 aliphatic rings. The molecule has 3 aromatic rings. The van der Waals surface area contributed by atoms with E-state index < -0.39 is 80.2 Å². The lowest BCUT2D eigenvalue weighted by Gasteiger charge is -2.30. The van der Waals surface area contributed by atoms with Crippen LogP contribution in [-0.4, -0.2) is 120 Å². The molecule has 0 radical (unpaired) electrons. The summed E-state index contributed by atoms with van der Waals surface area (Å²) in [7, 11) is -0.950. The third kappa shape index (κ3) is 9.67. The first-order chi connectivity index (χ1) is 27.9. The van der Waals surface area contributed by atoms with Gasteiger partial charge in [-0.2, -0.15) is 4.99 Å². The van der Waals surface area contributed by atoms with E-state index >= 15 is 0 Å². The lowest BCUT2D eigenvalue weighted by atomic mass is 10.1. The molecule has 59 heavy (non-hydrogen) atoms. The fourth-order valence-corrected chi connectivity index (χ4v) is 8.47. The highest BCUT2D eigenvalue weighted by molar-refractivity contribution is 7.91. The third-order valence-electron chi connectivity index (χ3n) is 10.5. The fourth-order valence-electron chi connectivity index (χ4n) is 7.11. The number of alkyl carbamates (subject to hydrolysis) is 1. The van der Waals surface area contributed by atoms with Gasteiger partial charge in [-0.15, -0.1) is 6.58 Å². The summed E-state index contributed by atoms with van der Waals surface area (Å²) in [5.74, 6) is -2.12. The summed E-state index contributed by atoms with van der Waals surface area (Å²) >= 11 is 0. The molecule has 4 amide bonds. The number of sulfonamides is 1. The van der Waals surface area contributed by atoms with Gasteiger partial charge in [0.1, 0.15) is 29.2 Å². The van der Waals surface area contributed by atoms with Gasteiger partial charge in [-0.25, -0.2) is 22.9 Å². The molecule has 16 nitrogen and oxygen atoms in total. The van der Waals surface area contributed by atoms with Gasteiger partial charge in [0.2, 0.25) is 27.4 Å². The predicted octanol–water partition coefficient (Wildman–Crippen LogP) is 2.39. The van der Waals surface area contributed by atoms with Crippen LogP contribution in [0.4, 0.5) is 4.79 Å². The Morgan fingerprint density at radius 2 is 1.83 bits per heavy atom. The largest absolute Gasteiger partial charge is 0.497 e. The molecular weight excluding hydrogens is 781 g/mol. The summed E-state index contributed by atoms with van der Waals surface area (Å²) in [6.45, 7) is 11.9. The van der Waals surface area contributed by atoms with E-state index in [-0.39, 0.29) is 25.9 Å². The highest BCUT2D eigenvalue weighted by atomic mass is 32.2. The zero-order chi connectivity index (χ0) is 42.9. The van der Waals surface area contributed by atoms with Gasteiger partial charge in [-0.3, -0.25) is 14.4 Å². The number of fused-ring (bicyclic) bond motifs is 1. The first-order valence-corrected chi connectivity index (χ1v) is 20.8. The van der Waals surface area contributed by atoms with Crippen LogP contribution in [0.5, 0.6) is 11.5 Å². The molecule has 5 atom stereocenters. The Bertz CT molecular complexity index is 2290. The van der Waals surface area contributed by atoms with E-state index in [1.54, 1.807) is 52.1 Å². The number of rotatable bonds is 15. The molecular formula is C42H51N6O10S+. The number of nitrogens with zero attached hydrogens (tertiary/aromatic N) is 3. The Labute approximate surface area is 343 Å². The van der Waals surface area contributed by atoms with Crippen molar-refractivity contribution < 1.29 is 51.9 Å². The third-order valence-corrected chi connectivity index (χ3v) is 12.3. The van der Waals surface area contributed by atoms with Gasteiger partial charge in [-0.1, -0.05) is 43.0 Å². The average Bonchev–Trinajstić information content (AvgIpc) is 4.13. The minimum Gasteiger partial charge on any atom is -0.497 e. The molecule has 2 aliphatic carbocycles. The zero-order valence-electron chi connectivity index (χ0n) is 33.8. The summed E-state index contributed by atoms with van der Waals surface area (Å²) in [4.78, 5) is 64.3. The lowest BCUT2D eigenvalue weighted by Crippen LogP contribution is -2.88. The number of nitrogens with one attached hydrogen (secondary N) is 3. The summed E-state index contributed by atoms with van der Waals surface area (Å²) in [6.07, 6.45) is 1.84. The fraction of sp³-hybridized carbons (Fsp3) is 0.429. The Morgan fingerprint density at radius 1 is 1.12 bits per heavy atom. The highest BCUT2D eigenvalue weighted by Crippen LogP contribution is 2.41. The van der Waals surface area contributed by atoms with Crippen LogP contribution in [0.2, 0.25) is 0 Å². The second-order valence-corrected chi connectivity index (χ2v) is 18.0. The van der Waals surface area contributed by atoms with Gasteiger partial charge >= 0.3 is 17.9 Å². The quantitative estimate of drug-likeness (QED) is 0.0757. The molecule has 0 unspecified atom stereocenters. The number of likely N-dealkylation sites (N-methyl/N-ethyl adjacent to an activating group) is 1. The normalized spacial score (nSPS) is 22.2. The van der Waals surface area contributed by atoms with Crippen LogP contribution in [0.3, 0.4) is 0 Å². The first-order valence-electron chi connectivity index (χ1n) is 19.3. The number of amides is 4. The van der Waals surface area contributed by atoms with Crippen molar-refractivity contribution in [3.8, 4) is 22.8 Å². The summed E-state index contributed by atoms with van der Waals surface area (Å²) in [5, 5.41) is 14.5. The van der Waals surface area contributed by atoms with Gasteiger partial charge in [0.25, 0.3) is 0 Å². The smallest absolute Gasteiger partial charge is 0.408 e. The summed E-state index contributed by atoms with van der Waals surface area (Å²) in [6, 6.07) is 14.1. The number of likely N-dealkylation sites (tertiary alicyclic amines) is 1. The lowest BCUT2D eigenvalue weighted by molar-refractivity contribution is -0.516. The number of benzene rings is 2. The molecule has 6 rings (SSSR count). The highest BCUT2D eigenvalue weighted by Gasteiger charge is 2.67. The number of methoxy groups -OCH3 is 1. The molecule has 2 saturated carbocycles. The van der Waals surface area contributed by atoms with Crippen LogP contribution >= 0.6 is 0 Å². The number of aliphatic hydroxyl groups excluding tert-OH is 1. The van der Waals surface area contributed by atoms with Crippen LogP contribution in [-0.2, 0) is 29.1 Å². The van der Waals surface area contributed by atoms with Gasteiger partial charge in [-0.05, 0) is 51.8 Å². The topological polar surface area (TPSA) is 208 Å². The van der Waals surface area contributed by atoms with E-state index in [2.05, 4.69) is 28.2 Å². The minimum atomic E-state index is -3.94. The molecule has 2 aromatic carbocycles.